The first-order valence-corrected chi connectivity index (χ1v) is 10.4. The van der Waals surface area contributed by atoms with Crippen LogP contribution in [0, 0.1) is 0 Å². The van der Waals surface area contributed by atoms with Crippen LogP contribution in [0.4, 0.5) is 4.79 Å². The predicted molar refractivity (Wildman–Crippen MR) is 109 cm³/mol. The number of ether oxygens (including phenoxy) is 1. The number of fused-ring (bicyclic) bond motifs is 2. The molecular weight excluding hydrogens is 350 g/mol. The summed E-state index contributed by atoms with van der Waals surface area (Å²) < 4.78 is 5.61. The van der Waals surface area contributed by atoms with E-state index < -0.39 is 5.60 Å². The van der Waals surface area contributed by atoms with Crippen molar-refractivity contribution in [1.29, 1.82) is 0 Å². The summed E-state index contributed by atoms with van der Waals surface area (Å²) in [6, 6.07) is 18.1. The average molecular weight is 380 g/mol. The highest BCUT2D eigenvalue weighted by Gasteiger charge is 2.48. The van der Waals surface area contributed by atoms with Crippen molar-refractivity contribution in [1.82, 2.24) is 4.90 Å². The summed E-state index contributed by atoms with van der Waals surface area (Å²) in [5.74, 6) is 0. The Balaban J connectivity index is 1.47. The number of carbonyl (C=O) groups is 1. The molecule has 28 heavy (non-hydrogen) atoms. The van der Waals surface area contributed by atoms with E-state index in [0.717, 1.165) is 36.8 Å². The molecule has 2 saturated heterocycles. The van der Waals surface area contributed by atoms with Crippen LogP contribution in [0.2, 0.25) is 0 Å². The van der Waals surface area contributed by atoms with Gasteiger partial charge in [0.15, 0.2) is 0 Å². The van der Waals surface area contributed by atoms with E-state index in [2.05, 4.69) is 31.2 Å². The molecule has 2 aromatic carbocycles. The molecule has 4 heteroatoms. The van der Waals surface area contributed by atoms with E-state index in [1.54, 1.807) is 0 Å². The molecule has 0 aromatic heterocycles. The minimum absolute atomic E-state index is 0.0339. The van der Waals surface area contributed by atoms with Gasteiger partial charge < -0.3 is 14.7 Å². The van der Waals surface area contributed by atoms with E-state index in [0.29, 0.717) is 19.4 Å². The van der Waals surface area contributed by atoms with Crippen LogP contribution in [0.15, 0.2) is 54.6 Å². The predicted octanol–water partition coefficient (Wildman–Crippen LogP) is 4.79. The van der Waals surface area contributed by atoms with Crippen LogP contribution < -0.4 is 0 Å². The highest BCUT2D eigenvalue weighted by Crippen LogP contribution is 2.44. The highest BCUT2D eigenvalue weighted by molar-refractivity contribution is 5.69. The molecular formula is C24H29NO3. The van der Waals surface area contributed by atoms with Crippen LogP contribution in [0.3, 0.4) is 0 Å². The summed E-state index contributed by atoms with van der Waals surface area (Å²) in [7, 11) is 0. The largest absolute Gasteiger partial charge is 0.445 e. The van der Waals surface area contributed by atoms with Crippen LogP contribution in [0.25, 0.3) is 0 Å². The van der Waals surface area contributed by atoms with Gasteiger partial charge >= 0.3 is 6.09 Å². The maximum Gasteiger partial charge on any atom is 0.410 e. The Kier molecular flexibility index (Phi) is 5.40. The number of nitrogens with zero attached hydrogens (tertiary/aromatic N) is 1. The van der Waals surface area contributed by atoms with Crippen LogP contribution in [-0.2, 0) is 23.4 Å². The van der Waals surface area contributed by atoms with Gasteiger partial charge in [0.05, 0.1) is 5.60 Å². The highest BCUT2D eigenvalue weighted by atomic mass is 16.6. The molecule has 2 atom stereocenters. The number of benzene rings is 2. The number of hydrogen-bond acceptors (Lipinski definition) is 3. The lowest BCUT2D eigenvalue weighted by molar-refractivity contribution is -0.0896. The smallest absolute Gasteiger partial charge is 0.410 e. The summed E-state index contributed by atoms with van der Waals surface area (Å²) in [5.41, 5.74) is 2.37. The zero-order chi connectivity index (χ0) is 19.6. The third kappa shape index (κ3) is 3.79. The summed E-state index contributed by atoms with van der Waals surface area (Å²) in [6.07, 6.45) is 4.85. The number of carbonyl (C=O) groups excluding carboxylic acids is 1. The Morgan fingerprint density at radius 3 is 2.29 bits per heavy atom. The van der Waals surface area contributed by atoms with Gasteiger partial charge in [-0.2, -0.15) is 0 Å². The number of piperidine rings is 2. The van der Waals surface area contributed by atoms with E-state index in [-0.39, 0.29) is 18.2 Å². The molecule has 2 aliphatic rings. The van der Waals surface area contributed by atoms with Gasteiger partial charge in [-0.1, -0.05) is 61.5 Å². The van der Waals surface area contributed by atoms with Crippen molar-refractivity contribution in [2.24, 2.45) is 0 Å². The van der Waals surface area contributed by atoms with E-state index in [1.165, 1.54) is 5.56 Å². The molecule has 2 unspecified atom stereocenters. The lowest BCUT2D eigenvalue weighted by Gasteiger charge is -2.51. The molecule has 2 fully saturated rings. The normalized spacial score (nSPS) is 26.7. The van der Waals surface area contributed by atoms with Crippen molar-refractivity contribution in [3.8, 4) is 0 Å². The first-order chi connectivity index (χ1) is 13.6. The lowest BCUT2D eigenvalue weighted by atomic mass is 9.72. The zero-order valence-corrected chi connectivity index (χ0v) is 16.5. The molecule has 2 aromatic rings. The number of aliphatic hydroxyl groups is 1. The number of hydrogen-bond donors (Lipinski definition) is 1. The van der Waals surface area contributed by atoms with Crippen molar-refractivity contribution >= 4 is 6.09 Å². The molecule has 1 N–H and O–H groups in total. The summed E-state index contributed by atoms with van der Waals surface area (Å²) in [4.78, 5) is 14.7. The third-order valence-corrected chi connectivity index (χ3v) is 6.32. The fraction of sp³-hybridized carbons (Fsp3) is 0.458. The summed E-state index contributed by atoms with van der Waals surface area (Å²) in [6.45, 7) is 2.42. The fourth-order valence-electron chi connectivity index (χ4n) is 4.81. The lowest BCUT2D eigenvalue weighted by Crippen LogP contribution is -2.58. The molecule has 0 aliphatic carbocycles. The second-order valence-electron chi connectivity index (χ2n) is 8.18. The number of rotatable bonds is 4. The van der Waals surface area contributed by atoms with Crippen molar-refractivity contribution in [3.05, 3.63) is 71.3 Å². The first-order valence-electron chi connectivity index (χ1n) is 10.4. The molecule has 1 amide bonds. The molecule has 0 radical (unpaired) electrons. The fourth-order valence-corrected chi connectivity index (χ4v) is 4.81. The Hall–Kier alpha value is -2.33. The first kappa shape index (κ1) is 19.0. The Morgan fingerprint density at radius 1 is 1.04 bits per heavy atom. The minimum atomic E-state index is -0.863. The summed E-state index contributed by atoms with van der Waals surface area (Å²) in [5, 5.41) is 11.4. The Morgan fingerprint density at radius 2 is 1.68 bits per heavy atom. The maximum absolute atomic E-state index is 12.8. The maximum atomic E-state index is 12.8. The van der Waals surface area contributed by atoms with Crippen LogP contribution in [-0.4, -0.2) is 28.2 Å². The molecule has 2 heterocycles. The van der Waals surface area contributed by atoms with Gasteiger partial charge in [0.2, 0.25) is 0 Å². The zero-order valence-electron chi connectivity index (χ0n) is 16.5. The average Bonchev–Trinajstić information content (AvgIpc) is 2.72. The third-order valence-electron chi connectivity index (χ3n) is 6.32. The van der Waals surface area contributed by atoms with Crippen molar-refractivity contribution in [3.63, 3.8) is 0 Å². The molecule has 0 saturated carbocycles. The Bertz CT molecular complexity index is 788. The van der Waals surface area contributed by atoms with Crippen molar-refractivity contribution in [2.45, 2.75) is 69.7 Å². The monoisotopic (exact) mass is 379 g/mol. The van der Waals surface area contributed by atoms with Gasteiger partial charge in [-0.15, -0.1) is 0 Å². The van der Waals surface area contributed by atoms with Gasteiger partial charge in [-0.05, 0) is 42.4 Å². The van der Waals surface area contributed by atoms with Gasteiger partial charge in [0.1, 0.15) is 6.61 Å². The standard InChI is InChI=1S/C24H29NO3/c1-2-18-11-13-20(14-12-18)24(27)15-21-9-6-10-22(16-24)25(21)23(26)28-17-19-7-4-3-5-8-19/h3-5,7-8,11-14,21-22,27H,2,6,9-10,15-17H2,1H3. The van der Waals surface area contributed by atoms with E-state index in [1.807, 2.05) is 35.2 Å². The molecule has 148 valence electrons. The topological polar surface area (TPSA) is 49.8 Å². The van der Waals surface area contributed by atoms with Gasteiger partial charge in [0.25, 0.3) is 0 Å². The van der Waals surface area contributed by atoms with E-state index >= 15 is 0 Å². The SMILES string of the molecule is CCc1ccc(C2(O)CC3CCCC(C2)N3C(=O)OCc2ccccc2)cc1. The van der Waals surface area contributed by atoms with Gasteiger partial charge in [-0.25, -0.2) is 4.79 Å². The van der Waals surface area contributed by atoms with Gasteiger partial charge in [-0.3, -0.25) is 0 Å². The molecule has 4 nitrogen and oxygen atoms in total. The molecule has 2 aliphatic heterocycles. The van der Waals surface area contributed by atoms with Crippen LogP contribution in [0.5, 0.6) is 0 Å². The second kappa shape index (κ2) is 7.96. The van der Waals surface area contributed by atoms with E-state index in [9.17, 15) is 9.90 Å². The molecule has 0 spiro atoms. The molecule has 4 rings (SSSR count). The van der Waals surface area contributed by atoms with Crippen molar-refractivity contribution in [2.75, 3.05) is 0 Å². The van der Waals surface area contributed by atoms with Gasteiger partial charge in [0, 0.05) is 24.9 Å². The van der Waals surface area contributed by atoms with Crippen molar-refractivity contribution < 1.29 is 14.6 Å². The molecule has 2 bridgehead atoms. The summed E-state index contributed by atoms with van der Waals surface area (Å²) >= 11 is 0. The number of aryl methyl sites for hydroxylation is 1. The quantitative estimate of drug-likeness (QED) is 0.831. The van der Waals surface area contributed by atoms with Crippen LogP contribution >= 0.6 is 0 Å². The minimum Gasteiger partial charge on any atom is -0.445 e. The Labute approximate surface area is 167 Å². The van der Waals surface area contributed by atoms with E-state index in [4.69, 9.17) is 4.74 Å². The van der Waals surface area contributed by atoms with Crippen LogP contribution in [0.1, 0.15) is 55.7 Å². The number of amides is 1. The second-order valence-corrected chi connectivity index (χ2v) is 8.18.